The van der Waals surface area contributed by atoms with E-state index in [4.69, 9.17) is 13.9 Å². The minimum absolute atomic E-state index is 0.0722. The smallest absolute Gasteiger partial charge is 0.339 e. The second-order valence-corrected chi connectivity index (χ2v) is 12.7. The Kier molecular flexibility index (Phi) is 3.55. The van der Waals surface area contributed by atoms with Crippen LogP contribution in [0.25, 0.3) is 0 Å². The number of fused-ring (bicyclic) bond motifs is 1. The molecule has 2 bridgehead atoms. The average molecular weight is 352 g/mol. The number of rotatable bonds is 4. The summed E-state index contributed by atoms with van der Waals surface area (Å²) in [6, 6.07) is 0. The number of hydrogen-bond acceptors (Lipinski definition) is 6. The van der Waals surface area contributed by atoms with Gasteiger partial charge in [-0.25, -0.2) is 4.79 Å². The lowest BCUT2D eigenvalue weighted by Crippen LogP contribution is -2.68. The fourth-order valence-corrected chi connectivity index (χ4v) is 5.43. The molecule has 0 N–H and O–H groups in total. The van der Waals surface area contributed by atoms with Gasteiger partial charge >= 0.3 is 5.97 Å². The molecule has 3 aliphatic rings. The molecule has 0 aromatic heterocycles. The molecule has 0 amide bonds. The van der Waals surface area contributed by atoms with Crippen LogP contribution < -0.4 is 0 Å². The van der Waals surface area contributed by atoms with E-state index in [9.17, 15) is 14.4 Å². The molecule has 0 aromatic carbocycles. The number of ether oxygens (including phenoxy) is 2. The zero-order valence-corrected chi connectivity index (χ0v) is 16.0. The number of allylic oxidation sites excluding steroid dienone is 1. The van der Waals surface area contributed by atoms with Gasteiger partial charge in [-0.2, -0.15) is 0 Å². The first-order valence-corrected chi connectivity index (χ1v) is 11.6. The molecule has 0 unspecified atom stereocenters. The third-order valence-corrected chi connectivity index (χ3v) is 6.04. The second-order valence-electron chi connectivity index (χ2n) is 8.31. The second kappa shape index (κ2) is 4.86. The fraction of sp³-hybridized carbons (Fsp3) is 0.706. The highest BCUT2D eigenvalue weighted by Crippen LogP contribution is 2.61. The molecular formula is C17H24O6Si. The first-order valence-electron chi connectivity index (χ1n) is 8.21. The molecule has 3 rings (SSSR count). The van der Waals surface area contributed by atoms with Crippen LogP contribution in [0.3, 0.4) is 0 Å². The lowest BCUT2D eigenvalue weighted by Gasteiger charge is -2.52. The Morgan fingerprint density at radius 1 is 1.29 bits per heavy atom. The van der Waals surface area contributed by atoms with Crippen LogP contribution >= 0.6 is 0 Å². The van der Waals surface area contributed by atoms with Crippen LogP contribution in [-0.2, 0) is 28.3 Å². The minimum Gasteiger partial charge on any atom is -0.447 e. The van der Waals surface area contributed by atoms with Gasteiger partial charge in [0.2, 0.25) is 5.79 Å². The Morgan fingerprint density at radius 3 is 2.46 bits per heavy atom. The van der Waals surface area contributed by atoms with E-state index >= 15 is 0 Å². The van der Waals surface area contributed by atoms with Crippen LogP contribution in [0.2, 0.25) is 19.6 Å². The van der Waals surface area contributed by atoms with Crippen LogP contribution in [0.4, 0.5) is 0 Å². The number of carbonyl (C=O) groups excluding carboxylic acids is 3. The maximum absolute atomic E-state index is 12.8. The summed E-state index contributed by atoms with van der Waals surface area (Å²) in [4.78, 5) is 37.2. The molecule has 7 heteroatoms. The van der Waals surface area contributed by atoms with E-state index in [2.05, 4.69) is 0 Å². The molecular weight excluding hydrogens is 328 g/mol. The summed E-state index contributed by atoms with van der Waals surface area (Å²) < 4.78 is 18.3. The summed E-state index contributed by atoms with van der Waals surface area (Å²) in [5.41, 5.74) is -2.55. The number of esters is 1. The lowest BCUT2D eigenvalue weighted by atomic mass is 9.69. The Balaban J connectivity index is 2.23. The molecule has 0 spiro atoms. The van der Waals surface area contributed by atoms with Crippen molar-refractivity contribution in [1.29, 1.82) is 0 Å². The van der Waals surface area contributed by atoms with Gasteiger partial charge in [-0.3, -0.25) is 4.79 Å². The molecule has 1 aliphatic carbocycles. The number of hydrogen-bond donors (Lipinski definition) is 0. The number of carbonyl (C=O) groups is 3. The van der Waals surface area contributed by atoms with Gasteiger partial charge < -0.3 is 18.7 Å². The van der Waals surface area contributed by atoms with Crippen LogP contribution in [0, 0.1) is 11.8 Å². The summed E-state index contributed by atoms with van der Waals surface area (Å²) in [6.45, 7) is 10.7. The van der Waals surface area contributed by atoms with E-state index < -0.39 is 43.1 Å². The Morgan fingerprint density at radius 2 is 1.92 bits per heavy atom. The van der Waals surface area contributed by atoms with E-state index in [-0.39, 0.29) is 18.0 Å². The predicted molar refractivity (Wildman–Crippen MR) is 87.6 cm³/mol. The minimum atomic E-state index is -2.17. The highest BCUT2D eigenvalue weighted by Gasteiger charge is 2.78. The van der Waals surface area contributed by atoms with Gasteiger partial charge in [0.25, 0.3) is 0 Å². The summed E-state index contributed by atoms with van der Waals surface area (Å²) in [5, 5.41) is 0. The molecule has 0 saturated carbocycles. The van der Waals surface area contributed by atoms with Gasteiger partial charge in [0.05, 0.1) is 5.92 Å². The average Bonchev–Trinajstić information content (AvgIpc) is 2.62. The maximum atomic E-state index is 12.8. The molecule has 2 heterocycles. The Labute approximate surface area is 142 Å². The van der Waals surface area contributed by atoms with Gasteiger partial charge in [-0.1, -0.05) is 0 Å². The standard InChI is InChI=1S/C17H24O6Si/c1-10(18)9-11-13-12(19)7-8-15(2)17(13,23-24(4,5)6)22-16(11,3)14(20)21-15/h7-8,11,13H,9H2,1-6H3/t11-,13+,15-,16-,17-/m0/s1. The van der Waals surface area contributed by atoms with Gasteiger partial charge in [0.1, 0.15) is 5.78 Å². The summed E-state index contributed by atoms with van der Waals surface area (Å²) >= 11 is 0. The van der Waals surface area contributed by atoms with Crippen molar-refractivity contribution in [2.24, 2.45) is 11.8 Å². The topological polar surface area (TPSA) is 78.9 Å². The normalized spacial score (nSPS) is 43.8. The fourth-order valence-electron chi connectivity index (χ4n) is 4.15. The van der Waals surface area contributed by atoms with Crippen molar-refractivity contribution in [3.8, 4) is 0 Å². The Hall–Kier alpha value is -1.31. The first-order chi connectivity index (χ1) is 10.8. The molecule has 0 aromatic rings. The van der Waals surface area contributed by atoms with Gasteiger partial charge in [0, 0.05) is 12.3 Å². The first kappa shape index (κ1) is 17.5. The van der Waals surface area contributed by atoms with Crippen LogP contribution in [-0.4, -0.2) is 42.8 Å². The quantitative estimate of drug-likeness (QED) is 0.569. The largest absolute Gasteiger partial charge is 0.447 e. The zero-order chi connectivity index (χ0) is 18.1. The molecule has 6 nitrogen and oxygen atoms in total. The third kappa shape index (κ3) is 2.18. The van der Waals surface area contributed by atoms with Crippen LogP contribution in [0.15, 0.2) is 12.2 Å². The van der Waals surface area contributed by atoms with E-state index in [1.54, 1.807) is 19.9 Å². The summed E-state index contributed by atoms with van der Waals surface area (Å²) in [7, 11) is -2.17. The summed E-state index contributed by atoms with van der Waals surface area (Å²) in [6.07, 6.45) is 3.06. The molecule has 2 saturated heterocycles. The van der Waals surface area contributed by atoms with Gasteiger partial charge in [-0.15, -0.1) is 0 Å². The summed E-state index contributed by atoms with van der Waals surface area (Å²) in [5.74, 6) is -3.53. The van der Waals surface area contributed by atoms with E-state index in [1.807, 2.05) is 19.6 Å². The lowest BCUT2D eigenvalue weighted by molar-refractivity contribution is -0.322. The monoisotopic (exact) mass is 352 g/mol. The molecule has 24 heavy (non-hydrogen) atoms. The highest BCUT2D eigenvalue weighted by molar-refractivity contribution is 6.69. The van der Waals surface area contributed by atoms with E-state index in [1.165, 1.54) is 13.0 Å². The van der Waals surface area contributed by atoms with E-state index in [0.717, 1.165) is 0 Å². The van der Waals surface area contributed by atoms with Crippen molar-refractivity contribution in [1.82, 2.24) is 0 Å². The molecule has 5 atom stereocenters. The highest BCUT2D eigenvalue weighted by atomic mass is 28.4. The van der Waals surface area contributed by atoms with Crippen molar-refractivity contribution < 1.29 is 28.3 Å². The molecule has 132 valence electrons. The van der Waals surface area contributed by atoms with Crippen molar-refractivity contribution in [2.45, 2.75) is 63.8 Å². The van der Waals surface area contributed by atoms with Gasteiger partial charge in [-0.05, 0) is 52.6 Å². The zero-order valence-electron chi connectivity index (χ0n) is 15.0. The van der Waals surface area contributed by atoms with Crippen LogP contribution in [0.5, 0.6) is 0 Å². The van der Waals surface area contributed by atoms with Gasteiger partial charge in [0.15, 0.2) is 25.3 Å². The predicted octanol–water partition coefficient (Wildman–Crippen LogP) is 1.99. The SMILES string of the molecule is CC(=O)C[C@H]1[C@@H]2C(=O)C=C[C@]3(C)OC(=O)[C@@]1(C)O[C@]23O[Si](C)(C)C. The Bertz CT molecular complexity index is 664. The van der Waals surface area contributed by atoms with Crippen molar-refractivity contribution in [2.75, 3.05) is 0 Å². The van der Waals surface area contributed by atoms with Crippen molar-refractivity contribution in [3.05, 3.63) is 12.2 Å². The number of Topliss-reactive ketones (excluding diaryl/α,β-unsaturated/α-hetero) is 1. The van der Waals surface area contributed by atoms with E-state index in [0.29, 0.717) is 0 Å². The van der Waals surface area contributed by atoms with Crippen molar-refractivity contribution in [3.63, 3.8) is 0 Å². The molecule has 0 radical (unpaired) electrons. The van der Waals surface area contributed by atoms with Crippen molar-refractivity contribution >= 4 is 25.9 Å². The molecule has 2 fully saturated rings. The number of ketones is 2. The molecule has 2 aliphatic heterocycles. The maximum Gasteiger partial charge on any atom is 0.339 e. The van der Waals surface area contributed by atoms with Crippen LogP contribution in [0.1, 0.15) is 27.2 Å². The third-order valence-electron chi connectivity index (χ3n) is 5.12.